The Bertz CT molecular complexity index is 1490. The van der Waals surface area contributed by atoms with Crippen molar-refractivity contribution in [2.24, 2.45) is 57.7 Å². The molecule has 0 heterocycles. The molecule has 0 amide bonds. The molecule has 0 aromatic carbocycles. The number of allylic oxidation sites excluding steroid dienone is 4. The molecule has 5 nitrogen and oxygen atoms in total. The van der Waals surface area contributed by atoms with Crippen LogP contribution in [0.4, 0.5) is 0 Å². The third kappa shape index (κ3) is 8.06. The Morgan fingerprint density at radius 2 is 1.72 bits per heavy atom. The molecule has 53 heavy (non-hydrogen) atoms. The van der Waals surface area contributed by atoms with Crippen LogP contribution in [0.15, 0.2) is 47.1 Å². The lowest BCUT2D eigenvalue weighted by molar-refractivity contribution is -0.128. The summed E-state index contributed by atoms with van der Waals surface area (Å²) >= 11 is 0. The molecule has 0 radical (unpaired) electrons. The number of hydrogen-bond donors (Lipinski definition) is 3. The van der Waals surface area contributed by atoms with E-state index in [4.69, 9.17) is 0 Å². The summed E-state index contributed by atoms with van der Waals surface area (Å²) < 4.78 is 0. The largest absolute Gasteiger partial charge is 0.393 e. The van der Waals surface area contributed by atoms with Gasteiger partial charge in [0.2, 0.25) is 0 Å². The number of fused-ring (bicyclic) bond motifs is 6. The molecule has 12 atom stereocenters. The van der Waals surface area contributed by atoms with E-state index in [1.54, 1.807) is 12.5 Å². The van der Waals surface area contributed by atoms with E-state index in [9.17, 15) is 24.9 Å². The zero-order valence-corrected chi connectivity index (χ0v) is 34.5. The summed E-state index contributed by atoms with van der Waals surface area (Å²) in [7, 11) is 0. The smallest absolute Gasteiger partial charge is 0.155 e. The van der Waals surface area contributed by atoms with E-state index in [0.717, 1.165) is 73.3 Å². The van der Waals surface area contributed by atoms with Gasteiger partial charge in [0.25, 0.3) is 0 Å². The Morgan fingerprint density at radius 1 is 0.962 bits per heavy atom. The number of Topliss-reactive ketones (excluding diaryl/α,β-unsaturated/α-hetero) is 1. The van der Waals surface area contributed by atoms with Crippen molar-refractivity contribution in [1.82, 2.24) is 0 Å². The van der Waals surface area contributed by atoms with Crippen molar-refractivity contribution >= 4 is 11.6 Å². The summed E-state index contributed by atoms with van der Waals surface area (Å²) in [5.74, 6) is 5.40. The van der Waals surface area contributed by atoms with Crippen molar-refractivity contribution in [3.05, 3.63) is 47.1 Å². The van der Waals surface area contributed by atoms with Gasteiger partial charge in [-0.1, -0.05) is 70.4 Å². The fourth-order valence-electron chi connectivity index (χ4n) is 14.0. The molecule has 296 valence electrons. The second kappa shape index (κ2) is 15.6. The first-order valence-electron chi connectivity index (χ1n) is 21.8. The van der Waals surface area contributed by atoms with E-state index in [-0.39, 0.29) is 10.8 Å². The highest BCUT2D eigenvalue weighted by Crippen LogP contribution is 2.67. The van der Waals surface area contributed by atoms with Gasteiger partial charge in [-0.3, -0.25) is 9.59 Å². The lowest BCUT2D eigenvalue weighted by atomic mass is 9.47. The molecular formula is C48H74O5. The molecule has 5 heteroatoms. The predicted octanol–water partition coefficient (Wildman–Crippen LogP) is 10.4. The van der Waals surface area contributed by atoms with E-state index in [1.807, 2.05) is 19.9 Å². The van der Waals surface area contributed by atoms with Gasteiger partial charge in [0.1, 0.15) is 5.78 Å². The van der Waals surface area contributed by atoms with Gasteiger partial charge in [-0.05, 0) is 180 Å². The van der Waals surface area contributed by atoms with E-state index in [1.165, 1.54) is 69.8 Å². The molecule has 0 aromatic rings. The molecule has 7 aliphatic carbocycles. The third-order valence-corrected chi connectivity index (χ3v) is 16.9. The van der Waals surface area contributed by atoms with Gasteiger partial charge in [0.15, 0.2) is 5.78 Å². The molecule has 7 aliphatic rings. The number of aliphatic hydroxyl groups is 3. The maximum absolute atomic E-state index is 12.1. The van der Waals surface area contributed by atoms with E-state index < -0.39 is 17.8 Å². The van der Waals surface area contributed by atoms with Crippen LogP contribution in [0.3, 0.4) is 0 Å². The van der Waals surface area contributed by atoms with Crippen LogP contribution >= 0.6 is 0 Å². The van der Waals surface area contributed by atoms with E-state index in [0.29, 0.717) is 47.6 Å². The molecule has 0 bridgehead atoms. The molecule has 0 spiro atoms. The summed E-state index contributed by atoms with van der Waals surface area (Å²) in [5, 5.41) is 30.2. The molecule has 0 aliphatic heterocycles. The van der Waals surface area contributed by atoms with Crippen molar-refractivity contribution in [2.75, 3.05) is 0 Å². The quantitative estimate of drug-likeness (QED) is 0.242. The third-order valence-electron chi connectivity index (χ3n) is 16.9. The number of rotatable bonds is 7. The maximum Gasteiger partial charge on any atom is 0.155 e. The fourth-order valence-corrected chi connectivity index (χ4v) is 14.0. The van der Waals surface area contributed by atoms with Gasteiger partial charge in [0, 0.05) is 18.8 Å². The van der Waals surface area contributed by atoms with Crippen molar-refractivity contribution in [1.29, 1.82) is 0 Å². The lowest BCUT2D eigenvalue weighted by Gasteiger charge is -2.58. The van der Waals surface area contributed by atoms with Gasteiger partial charge < -0.3 is 15.3 Å². The molecular weight excluding hydrogens is 657 g/mol. The minimum atomic E-state index is -0.615. The lowest BCUT2D eigenvalue weighted by Crippen LogP contribution is -2.51. The van der Waals surface area contributed by atoms with E-state index >= 15 is 0 Å². The second-order valence-corrected chi connectivity index (χ2v) is 20.6. The van der Waals surface area contributed by atoms with Gasteiger partial charge in [0.05, 0.1) is 17.8 Å². The number of carbonyl (C=O) groups excluding carboxylic acids is 2. The molecule has 0 unspecified atom stereocenters. The first kappa shape index (κ1) is 40.8. The van der Waals surface area contributed by atoms with Crippen molar-refractivity contribution in [2.45, 2.75) is 182 Å². The summed E-state index contributed by atoms with van der Waals surface area (Å²) in [4.78, 5) is 24.0. The predicted molar refractivity (Wildman–Crippen MR) is 215 cm³/mol. The van der Waals surface area contributed by atoms with Gasteiger partial charge in [-0.15, -0.1) is 0 Å². The minimum Gasteiger partial charge on any atom is -0.393 e. The Balaban J connectivity index is 0.000000187. The van der Waals surface area contributed by atoms with Crippen LogP contribution in [0.2, 0.25) is 0 Å². The van der Waals surface area contributed by atoms with Crippen LogP contribution in [0.25, 0.3) is 0 Å². The van der Waals surface area contributed by atoms with Crippen LogP contribution < -0.4 is 0 Å². The molecule has 3 N–H and O–H groups in total. The van der Waals surface area contributed by atoms with Gasteiger partial charge >= 0.3 is 0 Å². The summed E-state index contributed by atoms with van der Waals surface area (Å²) in [6.07, 6.45) is 24.8. The van der Waals surface area contributed by atoms with Crippen LogP contribution in [-0.4, -0.2) is 44.7 Å². The Morgan fingerprint density at radius 3 is 2.43 bits per heavy atom. The Hall–Kier alpha value is -1.82. The first-order valence-corrected chi connectivity index (χ1v) is 21.8. The molecule has 6 saturated carbocycles. The first-order chi connectivity index (χ1) is 24.9. The topological polar surface area (TPSA) is 94.8 Å². The fraction of sp³-hybridized carbons (Fsp3) is 0.792. The highest BCUT2D eigenvalue weighted by atomic mass is 16.3. The highest BCUT2D eigenvalue weighted by molar-refractivity contribution is 5.91. The number of carbonyl (C=O) groups is 2. The van der Waals surface area contributed by atoms with Gasteiger partial charge in [-0.25, -0.2) is 0 Å². The van der Waals surface area contributed by atoms with Crippen LogP contribution in [-0.2, 0) is 9.59 Å². The van der Waals surface area contributed by atoms with Crippen LogP contribution in [0, 0.1) is 57.7 Å². The maximum atomic E-state index is 12.1. The molecule has 7 rings (SSSR count). The average molecular weight is 731 g/mol. The second-order valence-electron chi connectivity index (χ2n) is 20.6. The van der Waals surface area contributed by atoms with Gasteiger partial charge in [-0.2, -0.15) is 0 Å². The Labute approximate surface area is 322 Å². The number of hydrogen-bond acceptors (Lipinski definition) is 5. The Kier molecular flexibility index (Phi) is 12.0. The molecule has 0 aromatic heterocycles. The number of aliphatic hydroxyl groups excluding tert-OH is 2. The van der Waals surface area contributed by atoms with Crippen LogP contribution in [0.1, 0.15) is 164 Å². The highest BCUT2D eigenvalue weighted by Gasteiger charge is 2.59. The van der Waals surface area contributed by atoms with Crippen molar-refractivity contribution in [3.63, 3.8) is 0 Å². The molecule has 0 saturated heterocycles. The van der Waals surface area contributed by atoms with Crippen LogP contribution in [0.5, 0.6) is 0 Å². The molecule has 6 fully saturated rings. The van der Waals surface area contributed by atoms with Crippen molar-refractivity contribution < 1.29 is 24.9 Å². The zero-order valence-electron chi connectivity index (χ0n) is 34.5. The van der Waals surface area contributed by atoms with Crippen molar-refractivity contribution in [3.8, 4) is 0 Å². The van der Waals surface area contributed by atoms with E-state index in [2.05, 4.69) is 46.4 Å². The summed E-state index contributed by atoms with van der Waals surface area (Å²) in [6.45, 7) is 19.5. The minimum absolute atomic E-state index is 0.245. The zero-order chi connectivity index (χ0) is 38.5. The monoisotopic (exact) mass is 731 g/mol. The average Bonchev–Trinajstić information content (AvgIpc) is 3.63. The standard InChI is InChI=1S/C27H44O3.C21H30O2/c1-18(8-6-14-26(3,4)30)23-12-13-24-20(9-7-15-27(23,24)5)10-11-21-16-22(28)17-25(29)19(21)2;1-13(22)17-6-7-18-16-5-4-14-12-15(23)8-10-20(14,2)19(16)9-11-21(17,18)3/h10-11,18,22-25,28-30H,2,6-9,12-17H2,1,3-5H3;12,16-19H,4-11H2,1-3H3/b20-10+,21-11-;/t18-,22-,23-,24+,25+,27-;16-,17+,18-,19-,20-,21+/m10/s1. The normalized spacial score (nSPS) is 43.2. The summed E-state index contributed by atoms with van der Waals surface area (Å²) in [6, 6.07) is 0. The summed E-state index contributed by atoms with van der Waals surface area (Å²) in [5.41, 5.74) is 5.11. The number of ketones is 2. The SMILES string of the molecule is C=C1/C(=C\C=C2/CCC[C@]3(C)[C@@H]([C@H](C)CCCC(C)(C)O)CC[C@@H]23)C[C@@H](O)C[C@@H]1O.CC(=O)[C@H]1CC[C@H]2[C@@H]3CCC4=CC(=O)CC[C@]4(C)[C@H]3CC[C@]12C.